The minimum Gasteiger partial charge on any atom is -0.497 e. The Kier molecular flexibility index (Phi) is 3.85. The molecule has 116 valence electrons. The van der Waals surface area contributed by atoms with Crippen LogP contribution in [0.1, 0.15) is 11.3 Å². The molecule has 22 heavy (non-hydrogen) atoms. The fourth-order valence-corrected chi connectivity index (χ4v) is 2.88. The molecule has 1 aliphatic rings. The van der Waals surface area contributed by atoms with E-state index in [9.17, 15) is 0 Å². The smallest absolute Gasteiger partial charge is 0.222 e. The van der Waals surface area contributed by atoms with E-state index in [0.29, 0.717) is 12.0 Å². The van der Waals surface area contributed by atoms with Crippen molar-refractivity contribution in [2.24, 2.45) is 0 Å². The summed E-state index contributed by atoms with van der Waals surface area (Å²) in [4.78, 5) is 10.9. The molecule has 3 N–H and O–H groups in total. The maximum Gasteiger partial charge on any atom is 0.222 e. The van der Waals surface area contributed by atoms with Crippen LogP contribution in [0.3, 0.4) is 0 Å². The second-order valence-electron chi connectivity index (χ2n) is 5.48. The SMILES string of the molecule is CNC1Cc2nc(N)nc(N(C)c3ccc(OC)cc3)c2C1. The molecular formula is C16H21N5O. The van der Waals surface area contributed by atoms with Crippen LogP contribution in [-0.4, -0.2) is 37.2 Å². The number of likely N-dealkylation sites (N-methyl/N-ethyl adjacent to an activating group) is 1. The second-order valence-corrected chi connectivity index (χ2v) is 5.48. The van der Waals surface area contributed by atoms with Crippen molar-refractivity contribution in [3.63, 3.8) is 0 Å². The standard InChI is InChI=1S/C16H21N5O/c1-18-10-8-13-14(9-10)19-16(17)20-15(13)21(2)11-4-6-12(22-3)7-5-11/h4-7,10,18H,8-9H2,1-3H3,(H2,17,19,20). The van der Waals surface area contributed by atoms with Crippen molar-refractivity contribution >= 4 is 17.5 Å². The van der Waals surface area contributed by atoms with Gasteiger partial charge in [0.15, 0.2) is 0 Å². The lowest BCUT2D eigenvalue weighted by Gasteiger charge is -2.21. The highest BCUT2D eigenvalue weighted by molar-refractivity contribution is 5.65. The van der Waals surface area contributed by atoms with Gasteiger partial charge in [-0.2, -0.15) is 4.98 Å². The van der Waals surface area contributed by atoms with Gasteiger partial charge >= 0.3 is 0 Å². The molecule has 1 aliphatic carbocycles. The number of nitrogens with two attached hydrogens (primary N) is 1. The maximum atomic E-state index is 5.89. The number of aromatic nitrogens is 2. The highest BCUT2D eigenvalue weighted by Crippen LogP contribution is 2.33. The summed E-state index contributed by atoms with van der Waals surface area (Å²) in [6, 6.07) is 8.29. The minimum atomic E-state index is 0.325. The molecule has 0 saturated carbocycles. The lowest BCUT2D eigenvalue weighted by atomic mass is 10.2. The Morgan fingerprint density at radius 3 is 2.59 bits per heavy atom. The average molecular weight is 299 g/mol. The number of nitrogens with zero attached hydrogens (tertiary/aromatic N) is 3. The number of methoxy groups -OCH3 is 1. The van der Waals surface area contributed by atoms with E-state index in [0.717, 1.165) is 35.8 Å². The first-order valence-corrected chi connectivity index (χ1v) is 7.32. The third-order valence-corrected chi connectivity index (χ3v) is 4.16. The van der Waals surface area contributed by atoms with Gasteiger partial charge in [-0.25, -0.2) is 4.98 Å². The van der Waals surface area contributed by atoms with Crippen molar-refractivity contribution < 1.29 is 4.74 Å². The van der Waals surface area contributed by atoms with Crippen LogP contribution in [0.25, 0.3) is 0 Å². The molecule has 0 radical (unpaired) electrons. The van der Waals surface area contributed by atoms with Gasteiger partial charge in [0.2, 0.25) is 5.95 Å². The second kappa shape index (κ2) is 5.81. The van der Waals surface area contributed by atoms with Gasteiger partial charge in [0.05, 0.1) is 12.8 Å². The quantitative estimate of drug-likeness (QED) is 0.891. The first-order valence-electron chi connectivity index (χ1n) is 7.32. The fraction of sp³-hybridized carbons (Fsp3) is 0.375. The Balaban J connectivity index is 1.97. The molecule has 0 amide bonds. The van der Waals surface area contributed by atoms with Gasteiger partial charge in [-0.05, 0) is 37.7 Å². The van der Waals surface area contributed by atoms with E-state index in [4.69, 9.17) is 10.5 Å². The van der Waals surface area contributed by atoms with E-state index in [1.807, 2.05) is 43.3 Å². The van der Waals surface area contributed by atoms with Crippen molar-refractivity contribution in [3.8, 4) is 5.75 Å². The molecule has 0 fully saturated rings. The molecular weight excluding hydrogens is 278 g/mol. The van der Waals surface area contributed by atoms with Crippen LogP contribution in [0.2, 0.25) is 0 Å². The van der Waals surface area contributed by atoms with E-state index in [-0.39, 0.29) is 0 Å². The molecule has 1 atom stereocenters. The molecule has 1 aromatic heterocycles. The molecule has 3 rings (SSSR count). The Morgan fingerprint density at radius 2 is 1.95 bits per heavy atom. The Morgan fingerprint density at radius 1 is 1.23 bits per heavy atom. The van der Waals surface area contributed by atoms with E-state index in [2.05, 4.69) is 15.3 Å². The summed E-state index contributed by atoms with van der Waals surface area (Å²) in [6.07, 6.45) is 1.81. The zero-order valence-corrected chi connectivity index (χ0v) is 13.1. The molecule has 6 heteroatoms. The van der Waals surface area contributed by atoms with Gasteiger partial charge in [0, 0.05) is 30.8 Å². The van der Waals surface area contributed by atoms with E-state index < -0.39 is 0 Å². The van der Waals surface area contributed by atoms with Gasteiger partial charge in [-0.15, -0.1) is 0 Å². The van der Waals surface area contributed by atoms with Gasteiger partial charge in [-0.3, -0.25) is 0 Å². The van der Waals surface area contributed by atoms with Crippen LogP contribution < -0.4 is 20.7 Å². The first kappa shape index (κ1) is 14.6. The fourth-order valence-electron chi connectivity index (χ4n) is 2.88. The van der Waals surface area contributed by atoms with Crippen LogP contribution >= 0.6 is 0 Å². The third kappa shape index (κ3) is 2.57. The largest absolute Gasteiger partial charge is 0.497 e. The van der Waals surface area contributed by atoms with Crippen LogP contribution in [0.4, 0.5) is 17.5 Å². The molecule has 0 aliphatic heterocycles. The summed E-state index contributed by atoms with van der Waals surface area (Å²) in [5, 5.41) is 3.31. The summed E-state index contributed by atoms with van der Waals surface area (Å²) in [5.74, 6) is 2.04. The molecule has 1 unspecified atom stereocenters. The number of fused-ring (bicyclic) bond motifs is 1. The maximum absolute atomic E-state index is 5.89. The van der Waals surface area contributed by atoms with E-state index in [1.165, 1.54) is 5.56 Å². The summed E-state index contributed by atoms with van der Waals surface area (Å²) in [5.41, 5.74) is 9.14. The average Bonchev–Trinajstić information content (AvgIpc) is 2.96. The summed E-state index contributed by atoms with van der Waals surface area (Å²) in [7, 11) is 5.63. The predicted octanol–water partition coefficient (Wildman–Crippen LogP) is 1.52. The normalized spacial score (nSPS) is 16.4. The molecule has 0 saturated heterocycles. The van der Waals surface area contributed by atoms with Crippen molar-refractivity contribution in [1.82, 2.24) is 15.3 Å². The van der Waals surface area contributed by atoms with Crippen LogP contribution in [0.5, 0.6) is 5.75 Å². The van der Waals surface area contributed by atoms with E-state index in [1.54, 1.807) is 7.11 Å². The topological polar surface area (TPSA) is 76.3 Å². The number of nitrogens with one attached hydrogen (secondary N) is 1. The van der Waals surface area contributed by atoms with Crippen molar-refractivity contribution in [3.05, 3.63) is 35.5 Å². The Hall–Kier alpha value is -2.34. The molecule has 0 bridgehead atoms. The van der Waals surface area contributed by atoms with Gasteiger partial charge < -0.3 is 20.7 Å². The van der Waals surface area contributed by atoms with Gasteiger partial charge in [0.25, 0.3) is 0 Å². The molecule has 1 aromatic carbocycles. The summed E-state index contributed by atoms with van der Waals surface area (Å²) >= 11 is 0. The number of anilines is 3. The highest BCUT2D eigenvalue weighted by Gasteiger charge is 2.27. The lowest BCUT2D eigenvalue weighted by molar-refractivity contribution is 0.415. The Bertz CT molecular complexity index is 671. The minimum absolute atomic E-state index is 0.325. The van der Waals surface area contributed by atoms with Crippen LogP contribution in [0, 0.1) is 0 Å². The molecule has 0 spiro atoms. The molecule has 2 aromatic rings. The predicted molar refractivity (Wildman–Crippen MR) is 87.8 cm³/mol. The number of rotatable bonds is 4. The van der Waals surface area contributed by atoms with Crippen molar-refractivity contribution in [1.29, 1.82) is 0 Å². The van der Waals surface area contributed by atoms with Crippen molar-refractivity contribution in [2.75, 3.05) is 31.8 Å². The van der Waals surface area contributed by atoms with E-state index >= 15 is 0 Å². The third-order valence-electron chi connectivity index (χ3n) is 4.16. The Labute approximate surface area is 130 Å². The number of hydrogen-bond donors (Lipinski definition) is 2. The van der Waals surface area contributed by atoms with Crippen LogP contribution in [-0.2, 0) is 12.8 Å². The molecule has 1 heterocycles. The summed E-state index contributed by atoms with van der Waals surface area (Å²) < 4.78 is 5.20. The number of benzene rings is 1. The van der Waals surface area contributed by atoms with Gasteiger partial charge in [-0.1, -0.05) is 0 Å². The first-order chi connectivity index (χ1) is 10.6. The monoisotopic (exact) mass is 299 g/mol. The zero-order valence-electron chi connectivity index (χ0n) is 13.1. The zero-order chi connectivity index (χ0) is 15.7. The molecule has 6 nitrogen and oxygen atoms in total. The van der Waals surface area contributed by atoms with Crippen molar-refractivity contribution in [2.45, 2.75) is 18.9 Å². The van der Waals surface area contributed by atoms with Gasteiger partial charge in [0.1, 0.15) is 11.6 Å². The number of nitrogen functional groups attached to an aromatic ring is 1. The van der Waals surface area contributed by atoms with Crippen LogP contribution in [0.15, 0.2) is 24.3 Å². The lowest BCUT2D eigenvalue weighted by Crippen LogP contribution is -2.25. The number of ether oxygens (including phenoxy) is 1. The highest BCUT2D eigenvalue weighted by atomic mass is 16.5. The summed E-state index contributed by atoms with van der Waals surface area (Å²) in [6.45, 7) is 0. The number of hydrogen-bond acceptors (Lipinski definition) is 6.